The van der Waals surface area contributed by atoms with Crippen LogP contribution in [0.25, 0.3) is 0 Å². The summed E-state index contributed by atoms with van der Waals surface area (Å²) in [5.74, 6) is -0.741. The Morgan fingerprint density at radius 3 is 2.79 bits per heavy atom. The smallest absolute Gasteiger partial charge is 0.303 e. The van der Waals surface area contributed by atoms with Gasteiger partial charge in [-0.3, -0.25) is 9.69 Å². The van der Waals surface area contributed by atoms with Gasteiger partial charge in [-0.1, -0.05) is 6.42 Å². The number of carboxylic acids is 1. The molecule has 1 N–H and O–H groups in total. The maximum atomic E-state index is 11.0. The molecule has 1 aliphatic heterocycles. The Bertz CT molecular complexity index is 198. The van der Waals surface area contributed by atoms with Crippen molar-refractivity contribution in [3.8, 4) is 0 Å². The molecule has 1 unspecified atom stereocenters. The summed E-state index contributed by atoms with van der Waals surface area (Å²) < 4.78 is 0. The Balaban J connectivity index is 2.09. The molecule has 0 spiro atoms. The molecule has 1 saturated heterocycles. The summed E-state index contributed by atoms with van der Waals surface area (Å²) in [4.78, 5) is 12.3. The van der Waals surface area contributed by atoms with Crippen LogP contribution in [-0.2, 0) is 4.79 Å². The summed E-state index contributed by atoms with van der Waals surface area (Å²) in [5.41, 5.74) is 0. The van der Waals surface area contributed by atoms with Crippen molar-refractivity contribution in [3.63, 3.8) is 0 Å². The van der Waals surface area contributed by atoms with Crippen LogP contribution in [0, 0.1) is 5.21 Å². The Morgan fingerprint density at radius 2 is 2.29 bits per heavy atom. The van der Waals surface area contributed by atoms with E-state index in [4.69, 9.17) is 5.11 Å². The van der Waals surface area contributed by atoms with Gasteiger partial charge in [0, 0.05) is 25.7 Å². The van der Waals surface area contributed by atoms with Gasteiger partial charge >= 0.3 is 5.97 Å². The molecule has 0 aromatic heterocycles. The molecule has 0 amide bonds. The van der Waals surface area contributed by atoms with E-state index in [0.29, 0.717) is 25.7 Å². The molecule has 0 radical (unpaired) electrons. The number of aliphatic carboxylic acids is 1. The number of nitrogens with zero attached hydrogens (tertiary/aromatic N) is 2. The minimum absolute atomic E-state index is 0.234. The van der Waals surface area contributed by atoms with Crippen molar-refractivity contribution < 1.29 is 9.90 Å². The SMILES string of the molecule is CN1CN([O-])CC1CCCCC(=O)O. The highest BCUT2D eigenvalue weighted by atomic mass is 16.5. The van der Waals surface area contributed by atoms with Gasteiger partial charge in [0.15, 0.2) is 0 Å². The van der Waals surface area contributed by atoms with Gasteiger partial charge in [-0.2, -0.15) is 0 Å². The molecule has 5 nitrogen and oxygen atoms in total. The first-order valence-corrected chi connectivity index (χ1v) is 4.93. The van der Waals surface area contributed by atoms with E-state index in [9.17, 15) is 10.0 Å². The molecular weight excluding hydrogens is 184 g/mol. The molecule has 1 aliphatic rings. The lowest BCUT2D eigenvalue weighted by atomic mass is 10.1. The van der Waals surface area contributed by atoms with Crippen LogP contribution in [0.3, 0.4) is 0 Å². The number of hydroxylamine groups is 2. The average Bonchev–Trinajstić information content (AvgIpc) is 2.39. The second-order valence-corrected chi connectivity index (χ2v) is 3.86. The number of likely N-dealkylation sites (N-methyl/N-ethyl adjacent to an activating group) is 1. The van der Waals surface area contributed by atoms with Gasteiger partial charge < -0.3 is 15.4 Å². The van der Waals surface area contributed by atoms with E-state index in [1.165, 1.54) is 0 Å². The van der Waals surface area contributed by atoms with E-state index in [0.717, 1.165) is 17.9 Å². The molecule has 0 bridgehead atoms. The summed E-state index contributed by atoms with van der Waals surface area (Å²) in [6.07, 6.45) is 2.74. The predicted molar refractivity (Wildman–Crippen MR) is 52.6 cm³/mol. The Hall–Kier alpha value is -0.650. The molecule has 1 heterocycles. The van der Waals surface area contributed by atoms with Crippen LogP contribution in [0.15, 0.2) is 0 Å². The van der Waals surface area contributed by atoms with Gasteiger partial charge in [0.2, 0.25) is 0 Å². The van der Waals surface area contributed by atoms with Crippen LogP contribution in [0.1, 0.15) is 25.7 Å². The number of hydrogen-bond acceptors (Lipinski definition) is 4. The van der Waals surface area contributed by atoms with Crippen molar-refractivity contribution in [2.75, 3.05) is 20.3 Å². The maximum absolute atomic E-state index is 11.0. The molecule has 0 saturated carbocycles. The van der Waals surface area contributed by atoms with Crippen molar-refractivity contribution in [1.82, 2.24) is 9.96 Å². The Morgan fingerprint density at radius 1 is 1.57 bits per heavy atom. The minimum Gasteiger partial charge on any atom is -0.784 e. The summed E-state index contributed by atoms with van der Waals surface area (Å²) >= 11 is 0. The third-order valence-corrected chi connectivity index (χ3v) is 2.60. The number of unbranched alkanes of at least 4 members (excludes halogenated alkanes) is 1. The first-order chi connectivity index (χ1) is 6.59. The van der Waals surface area contributed by atoms with Crippen LogP contribution in [-0.4, -0.2) is 47.3 Å². The van der Waals surface area contributed by atoms with E-state index in [1.54, 1.807) is 0 Å². The molecule has 0 aromatic carbocycles. The van der Waals surface area contributed by atoms with Gasteiger partial charge in [-0.25, -0.2) is 0 Å². The third-order valence-electron chi connectivity index (χ3n) is 2.60. The largest absolute Gasteiger partial charge is 0.784 e. The van der Waals surface area contributed by atoms with E-state index in [-0.39, 0.29) is 6.42 Å². The predicted octanol–water partition coefficient (Wildman–Crippen LogP) is 0.703. The Kier molecular flexibility index (Phi) is 4.31. The number of carbonyl (C=O) groups is 1. The third kappa shape index (κ3) is 3.61. The number of hydrogen-bond donors (Lipinski definition) is 1. The van der Waals surface area contributed by atoms with Gasteiger partial charge in [0.25, 0.3) is 0 Å². The fraction of sp³-hybridized carbons (Fsp3) is 0.889. The van der Waals surface area contributed by atoms with Crippen LogP contribution >= 0.6 is 0 Å². The molecule has 82 valence electrons. The van der Waals surface area contributed by atoms with Crippen LogP contribution in [0.5, 0.6) is 0 Å². The number of carboxylic acid groups (broad SMARTS) is 1. The van der Waals surface area contributed by atoms with Crippen molar-refractivity contribution >= 4 is 5.97 Å². The highest BCUT2D eigenvalue weighted by Gasteiger charge is 2.21. The normalized spacial score (nSPS) is 24.3. The average molecular weight is 201 g/mol. The number of rotatable bonds is 5. The summed E-state index contributed by atoms with van der Waals surface area (Å²) in [5, 5.41) is 20.5. The molecular formula is C9H17N2O3-. The van der Waals surface area contributed by atoms with Crippen molar-refractivity contribution in [3.05, 3.63) is 5.21 Å². The van der Waals surface area contributed by atoms with E-state index < -0.39 is 5.97 Å². The van der Waals surface area contributed by atoms with Crippen LogP contribution in [0.2, 0.25) is 0 Å². The monoisotopic (exact) mass is 201 g/mol. The highest BCUT2D eigenvalue weighted by molar-refractivity contribution is 5.66. The molecule has 0 aliphatic carbocycles. The summed E-state index contributed by atoms with van der Waals surface area (Å²) in [6, 6.07) is 0.307. The van der Waals surface area contributed by atoms with E-state index in [2.05, 4.69) is 0 Å². The summed E-state index contributed by atoms with van der Waals surface area (Å²) in [6.45, 7) is 1.03. The highest BCUT2D eigenvalue weighted by Crippen LogP contribution is 2.15. The topological polar surface area (TPSA) is 66.8 Å². The second kappa shape index (κ2) is 5.29. The van der Waals surface area contributed by atoms with E-state index in [1.807, 2.05) is 11.9 Å². The minimum atomic E-state index is -0.741. The Labute approximate surface area is 83.9 Å². The van der Waals surface area contributed by atoms with Crippen molar-refractivity contribution in [2.45, 2.75) is 31.7 Å². The standard InChI is InChI=1S/C9H17N2O3/c1-10-7-11(14)6-8(10)4-2-3-5-9(12)13/h8H,2-7H2,1H3,(H,12,13)/q-1. The second-order valence-electron chi connectivity index (χ2n) is 3.86. The fourth-order valence-electron chi connectivity index (χ4n) is 1.76. The lowest BCUT2D eigenvalue weighted by Gasteiger charge is -2.19. The lowest BCUT2D eigenvalue weighted by Crippen LogP contribution is -2.26. The van der Waals surface area contributed by atoms with Gasteiger partial charge in [-0.05, 0) is 19.9 Å². The van der Waals surface area contributed by atoms with Crippen molar-refractivity contribution in [2.24, 2.45) is 0 Å². The lowest BCUT2D eigenvalue weighted by molar-refractivity contribution is -0.137. The van der Waals surface area contributed by atoms with Gasteiger partial charge in [-0.15, -0.1) is 0 Å². The molecule has 1 rings (SSSR count). The molecule has 0 aromatic rings. The van der Waals surface area contributed by atoms with Crippen LogP contribution < -0.4 is 0 Å². The zero-order chi connectivity index (χ0) is 10.6. The van der Waals surface area contributed by atoms with Gasteiger partial charge in [0.05, 0.1) is 0 Å². The molecule has 14 heavy (non-hydrogen) atoms. The first-order valence-electron chi connectivity index (χ1n) is 4.93. The maximum Gasteiger partial charge on any atom is 0.303 e. The van der Waals surface area contributed by atoms with E-state index >= 15 is 0 Å². The van der Waals surface area contributed by atoms with Crippen molar-refractivity contribution in [1.29, 1.82) is 0 Å². The summed E-state index contributed by atoms with van der Waals surface area (Å²) in [7, 11) is 1.93. The molecule has 1 atom stereocenters. The fourth-order valence-corrected chi connectivity index (χ4v) is 1.76. The molecule has 5 heteroatoms. The molecule has 1 fully saturated rings. The quantitative estimate of drug-likeness (QED) is 0.663. The van der Waals surface area contributed by atoms with Crippen LogP contribution in [0.4, 0.5) is 0 Å². The first kappa shape index (κ1) is 11.4. The zero-order valence-corrected chi connectivity index (χ0v) is 8.48. The van der Waals surface area contributed by atoms with Gasteiger partial charge in [0.1, 0.15) is 0 Å². The zero-order valence-electron chi connectivity index (χ0n) is 8.48.